The first-order valence-corrected chi connectivity index (χ1v) is 5.16. The number of rotatable bonds is 3. The zero-order valence-electron chi connectivity index (χ0n) is 9.82. The molecule has 0 saturated carbocycles. The van der Waals surface area contributed by atoms with Crippen molar-refractivity contribution in [3.05, 3.63) is 35.4 Å². The Morgan fingerprint density at radius 1 is 1.50 bits per heavy atom. The average Bonchev–Trinajstić information content (AvgIpc) is 2.71. The zero-order chi connectivity index (χ0) is 13.3. The quantitative estimate of drug-likeness (QED) is 0.875. The van der Waals surface area contributed by atoms with Gasteiger partial charge in [0, 0.05) is 5.69 Å². The molecule has 5 nitrogen and oxygen atoms in total. The fraction of sp³-hybridized carbons (Fsp3) is 0.167. The number of carboxylic acid groups (broad SMARTS) is 1. The number of aromatic amines is 1. The van der Waals surface area contributed by atoms with Crippen LogP contribution in [0, 0.1) is 12.7 Å². The van der Waals surface area contributed by atoms with Crippen LogP contribution in [0.3, 0.4) is 0 Å². The molecule has 18 heavy (non-hydrogen) atoms. The highest BCUT2D eigenvalue weighted by Crippen LogP contribution is 2.29. The van der Waals surface area contributed by atoms with Crippen molar-refractivity contribution in [3.8, 4) is 17.1 Å². The summed E-state index contributed by atoms with van der Waals surface area (Å²) in [7, 11) is 1.45. The highest BCUT2D eigenvalue weighted by molar-refractivity contribution is 5.87. The number of aromatic nitrogens is 2. The monoisotopic (exact) mass is 250 g/mol. The van der Waals surface area contributed by atoms with Crippen LogP contribution in [-0.2, 0) is 0 Å². The Balaban J connectivity index is 2.58. The second-order valence-electron chi connectivity index (χ2n) is 3.71. The molecular weight excluding hydrogens is 239 g/mol. The number of nitrogens with zero attached hydrogens (tertiary/aromatic N) is 1. The summed E-state index contributed by atoms with van der Waals surface area (Å²) in [6.45, 7) is 1.59. The number of nitrogens with one attached hydrogen (secondary N) is 1. The van der Waals surface area contributed by atoms with Gasteiger partial charge in [-0.1, -0.05) is 0 Å². The number of imidazole rings is 1. The summed E-state index contributed by atoms with van der Waals surface area (Å²) in [5.41, 5.74) is 0.702. The molecule has 2 aromatic rings. The molecule has 0 radical (unpaired) electrons. The van der Waals surface area contributed by atoms with Gasteiger partial charge in [-0.25, -0.2) is 14.2 Å². The van der Waals surface area contributed by atoms with E-state index >= 15 is 0 Å². The molecule has 0 amide bonds. The second kappa shape index (κ2) is 4.48. The summed E-state index contributed by atoms with van der Waals surface area (Å²) in [6.07, 6.45) is 0. The molecule has 0 atom stereocenters. The van der Waals surface area contributed by atoms with Gasteiger partial charge in [0.25, 0.3) is 0 Å². The lowest BCUT2D eigenvalue weighted by molar-refractivity contribution is 0.0690. The van der Waals surface area contributed by atoms with Crippen LogP contribution in [-0.4, -0.2) is 28.2 Å². The van der Waals surface area contributed by atoms with Crippen molar-refractivity contribution in [2.24, 2.45) is 0 Å². The third-order valence-corrected chi connectivity index (χ3v) is 2.50. The summed E-state index contributed by atoms with van der Waals surface area (Å²) in [6, 6.07) is 3.96. The standard InChI is InChI=1S/C12H11FN2O3/c1-6-10(12(16)17)15-11(14-6)8-5-7(13)3-4-9(8)18-2/h3-5H,1-2H3,(H,14,15)(H,16,17). The maximum Gasteiger partial charge on any atom is 0.356 e. The Morgan fingerprint density at radius 3 is 2.78 bits per heavy atom. The van der Waals surface area contributed by atoms with Crippen molar-refractivity contribution in [2.75, 3.05) is 7.11 Å². The summed E-state index contributed by atoms with van der Waals surface area (Å²) in [5, 5.41) is 8.92. The van der Waals surface area contributed by atoms with Crippen LogP contribution >= 0.6 is 0 Å². The van der Waals surface area contributed by atoms with Gasteiger partial charge in [0.2, 0.25) is 0 Å². The zero-order valence-corrected chi connectivity index (χ0v) is 9.82. The minimum atomic E-state index is -1.13. The fourth-order valence-electron chi connectivity index (χ4n) is 1.66. The molecule has 0 aliphatic carbocycles. The number of aromatic carboxylic acids is 1. The van der Waals surface area contributed by atoms with Crippen molar-refractivity contribution in [2.45, 2.75) is 6.92 Å². The molecule has 0 unspecified atom stereocenters. The van der Waals surface area contributed by atoms with Crippen LogP contribution in [0.2, 0.25) is 0 Å². The van der Waals surface area contributed by atoms with Gasteiger partial charge < -0.3 is 14.8 Å². The number of carbonyl (C=O) groups is 1. The number of ether oxygens (including phenoxy) is 1. The molecule has 6 heteroatoms. The number of carboxylic acids is 1. The van der Waals surface area contributed by atoms with Crippen molar-refractivity contribution >= 4 is 5.97 Å². The Morgan fingerprint density at radius 2 is 2.22 bits per heavy atom. The van der Waals surface area contributed by atoms with E-state index in [-0.39, 0.29) is 11.5 Å². The lowest BCUT2D eigenvalue weighted by Crippen LogP contribution is -1.98. The van der Waals surface area contributed by atoms with E-state index in [2.05, 4.69) is 9.97 Å². The van der Waals surface area contributed by atoms with Crippen LogP contribution < -0.4 is 4.74 Å². The SMILES string of the molecule is COc1ccc(F)cc1-c1nc(C(=O)O)c(C)[nH]1. The number of methoxy groups -OCH3 is 1. The van der Waals surface area contributed by atoms with Crippen LogP contribution in [0.15, 0.2) is 18.2 Å². The molecule has 1 aromatic heterocycles. The van der Waals surface area contributed by atoms with Gasteiger partial charge in [-0.05, 0) is 25.1 Å². The van der Waals surface area contributed by atoms with Crippen molar-refractivity contribution in [1.82, 2.24) is 9.97 Å². The average molecular weight is 250 g/mol. The summed E-state index contributed by atoms with van der Waals surface area (Å²) >= 11 is 0. The molecule has 0 spiro atoms. The molecule has 94 valence electrons. The van der Waals surface area contributed by atoms with Gasteiger partial charge >= 0.3 is 5.97 Å². The summed E-state index contributed by atoms with van der Waals surface area (Å²) < 4.78 is 18.3. The largest absolute Gasteiger partial charge is 0.496 e. The number of halogens is 1. The normalized spacial score (nSPS) is 10.4. The second-order valence-corrected chi connectivity index (χ2v) is 3.71. The van der Waals surface area contributed by atoms with Crippen molar-refractivity contribution in [3.63, 3.8) is 0 Å². The van der Waals surface area contributed by atoms with Gasteiger partial charge in [-0.15, -0.1) is 0 Å². The first-order chi connectivity index (χ1) is 8.52. The molecule has 1 aromatic carbocycles. The van der Waals surface area contributed by atoms with Crippen LogP contribution in [0.4, 0.5) is 4.39 Å². The fourth-order valence-corrected chi connectivity index (χ4v) is 1.66. The number of H-pyrrole nitrogens is 1. The topological polar surface area (TPSA) is 75.2 Å². The number of hydrogen-bond acceptors (Lipinski definition) is 3. The molecule has 0 aliphatic heterocycles. The number of hydrogen-bond donors (Lipinski definition) is 2. The molecule has 0 fully saturated rings. The van der Waals surface area contributed by atoms with Crippen LogP contribution in [0.5, 0.6) is 5.75 Å². The van der Waals surface area contributed by atoms with Gasteiger partial charge in [0.1, 0.15) is 17.4 Å². The van der Waals surface area contributed by atoms with Gasteiger partial charge in [0.15, 0.2) is 5.69 Å². The lowest BCUT2D eigenvalue weighted by atomic mass is 10.2. The third kappa shape index (κ3) is 2.04. The van der Waals surface area contributed by atoms with E-state index in [0.29, 0.717) is 17.0 Å². The van der Waals surface area contributed by atoms with E-state index < -0.39 is 11.8 Å². The first-order valence-electron chi connectivity index (χ1n) is 5.16. The smallest absolute Gasteiger partial charge is 0.356 e. The predicted octanol–water partition coefficient (Wildman–Crippen LogP) is 2.23. The first kappa shape index (κ1) is 12.1. The maximum absolute atomic E-state index is 13.2. The Kier molecular flexibility index (Phi) is 3.01. The molecule has 2 N–H and O–H groups in total. The van der Waals surface area contributed by atoms with E-state index in [0.717, 1.165) is 0 Å². The Bertz CT molecular complexity index is 607. The van der Waals surface area contributed by atoms with Gasteiger partial charge in [-0.2, -0.15) is 0 Å². The third-order valence-electron chi connectivity index (χ3n) is 2.50. The van der Waals surface area contributed by atoms with E-state index in [1.54, 1.807) is 6.92 Å². The summed E-state index contributed by atoms with van der Waals surface area (Å²) in [4.78, 5) is 17.6. The highest BCUT2D eigenvalue weighted by Gasteiger charge is 2.17. The minimum Gasteiger partial charge on any atom is -0.496 e. The Hall–Kier alpha value is -2.37. The molecule has 0 aliphatic rings. The predicted molar refractivity (Wildman–Crippen MR) is 62.2 cm³/mol. The van der Waals surface area contributed by atoms with E-state index in [1.165, 1.54) is 25.3 Å². The number of benzene rings is 1. The van der Waals surface area contributed by atoms with E-state index in [1.807, 2.05) is 0 Å². The molecule has 1 heterocycles. The van der Waals surface area contributed by atoms with Crippen molar-refractivity contribution in [1.29, 1.82) is 0 Å². The van der Waals surface area contributed by atoms with E-state index in [9.17, 15) is 9.18 Å². The highest BCUT2D eigenvalue weighted by atomic mass is 19.1. The van der Waals surface area contributed by atoms with Gasteiger partial charge in [-0.3, -0.25) is 0 Å². The van der Waals surface area contributed by atoms with Crippen LogP contribution in [0.25, 0.3) is 11.4 Å². The molecule has 0 bridgehead atoms. The molecule has 0 saturated heterocycles. The summed E-state index contributed by atoms with van der Waals surface area (Å²) in [5.74, 6) is -0.898. The maximum atomic E-state index is 13.2. The number of aryl methyl sites for hydroxylation is 1. The van der Waals surface area contributed by atoms with Crippen LogP contribution in [0.1, 0.15) is 16.2 Å². The van der Waals surface area contributed by atoms with Crippen molar-refractivity contribution < 1.29 is 19.0 Å². The molecule has 2 rings (SSSR count). The minimum absolute atomic E-state index is 0.0867. The lowest BCUT2D eigenvalue weighted by Gasteiger charge is -2.05. The Labute approximate surface area is 102 Å². The van der Waals surface area contributed by atoms with E-state index in [4.69, 9.17) is 9.84 Å². The van der Waals surface area contributed by atoms with Gasteiger partial charge in [0.05, 0.1) is 12.7 Å². The molecular formula is C12H11FN2O3.